The molecular formula is C13H22N2O3. The van der Waals surface area contributed by atoms with Crippen molar-refractivity contribution in [2.24, 2.45) is 11.8 Å². The van der Waals surface area contributed by atoms with Crippen LogP contribution in [-0.4, -0.2) is 60.5 Å². The van der Waals surface area contributed by atoms with Crippen LogP contribution in [0.25, 0.3) is 0 Å². The molecular weight excluding hydrogens is 232 g/mol. The van der Waals surface area contributed by atoms with Gasteiger partial charge >= 0.3 is 6.09 Å². The molecule has 2 unspecified atom stereocenters. The second kappa shape index (κ2) is 4.53. The van der Waals surface area contributed by atoms with Gasteiger partial charge in [-0.1, -0.05) is 0 Å². The largest absolute Gasteiger partial charge is 0.444 e. The fraction of sp³-hybridized carbons (Fsp3) is 0.846. The van der Waals surface area contributed by atoms with Crippen molar-refractivity contribution in [1.29, 1.82) is 0 Å². The van der Waals surface area contributed by atoms with Gasteiger partial charge in [0.05, 0.1) is 0 Å². The van der Waals surface area contributed by atoms with Crippen molar-refractivity contribution >= 4 is 11.9 Å². The van der Waals surface area contributed by atoms with Gasteiger partial charge in [-0.25, -0.2) is 4.79 Å². The van der Waals surface area contributed by atoms with Crippen LogP contribution in [0.4, 0.5) is 4.79 Å². The molecule has 2 saturated heterocycles. The number of hydrogen-bond donors (Lipinski definition) is 0. The van der Waals surface area contributed by atoms with Crippen LogP contribution in [0.1, 0.15) is 20.8 Å². The summed E-state index contributed by atoms with van der Waals surface area (Å²) in [6.45, 7) is 8.05. The Morgan fingerprint density at radius 3 is 2.11 bits per heavy atom. The number of nitrogens with zero attached hydrogens (tertiary/aromatic N) is 2. The molecule has 5 heteroatoms. The molecule has 2 fully saturated rings. The van der Waals surface area contributed by atoms with Crippen LogP contribution in [0.5, 0.6) is 0 Å². The van der Waals surface area contributed by atoms with Crippen LogP contribution in [0, 0.1) is 11.8 Å². The molecule has 5 nitrogen and oxygen atoms in total. The maximum Gasteiger partial charge on any atom is 0.410 e. The maximum absolute atomic E-state index is 12.0. The predicted octanol–water partition coefficient (Wildman–Crippen LogP) is 0.984. The highest BCUT2D eigenvalue weighted by Gasteiger charge is 2.42. The molecule has 2 atom stereocenters. The highest BCUT2D eigenvalue weighted by Crippen LogP contribution is 2.25. The van der Waals surface area contributed by atoms with Gasteiger partial charge in [0.15, 0.2) is 0 Å². The van der Waals surface area contributed by atoms with E-state index in [1.807, 2.05) is 27.8 Å². The maximum atomic E-state index is 12.0. The van der Waals surface area contributed by atoms with Gasteiger partial charge in [0.2, 0.25) is 0 Å². The van der Waals surface area contributed by atoms with Crippen molar-refractivity contribution < 1.29 is 14.3 Å². The van der Waals surface area contributed by atoms with E-state index in [-0.39, 0.29) is 17.9 Å². The summed E-state index contributed by atoms with van der Waals surface area (Å²) in [6, 6.07) is 0. The number of piperidine rings is 2. The number of fused-ring (bicyclic) bond motifs is 2. The molecule has 2 aliphatic heterocycles. The Hall–Kier alpha value is -1.10. The number of Topliss-reactive ketones (excluding diaryl/α,β-unsaturated/α-hetero) is 1. The lowest BCUT2D eigenvalue weighted by atomic mass is 9.83. The van der Waals surface area contributed by atoms with E-state index in [0.717, 1.165) is 13.1 Å². The standard InChI is InChI=1S/C13H22N2O3/c1-13(2,3)18-12(17)15-7-9-5-14(4)6-10(8-15)11(9)16/h9-10H,5-8H2,1-4H3. The molecule has 1 amide bonds. The fourth-order valence-electron chi connectivity index (χ4n) is 2.72. The number of rotatable bonds is 0. The fourth-order valence-corrected chi connectivity index (χ4v) is 2.72. The molecule has 2 heterocycles. The molecule has 0 aromatic carbocycles. The van der Waals surface area contributed by atoms with E-state index in [1.54, 1.807) is 4.90 Å². The Kier molecular flexibility index (Phi) is 3.36. The first-order valence-electron chi connectivity index (χ1n) is 6.46. The number of carbonyl (C=O) groups excluding carboxylic acids is 2. The van der Waals surface area contributed by atoms with Crippen LogP contribution in [-0.2, 0) is 9.53 Å². The van der Waals surface area contributed by atoms with E-state index >= 15 is 0 Å². The molecule has 102 valence electrons. The summed E-state index contributed by atoms with van der Waals surface area (Å²) in [6.07, 6.45) is -0.297. The average molecular weight is 254 g/mol. The molecule has 2 aliphatic rings. The van der Waals surface area contributed by atoms with Gasteiger partial charge in [-0.2, -0.15) is 0 Å². The van der Waals surface area contributed by atoms with Gasteiger partial charge in [-0.3, -0.25) is 4.79 Å². The first-order chi connectivity index (χ1) is 8.26. The monoisotopic (exact) mass is 254 g/mol. The minimum Gasteiger partial charge on any atom is -0.444 e. The molecule has 18 heavy (non-hydrogen) atoms. The minimum atomic E-state index is -0.482. The number of carbonyl (C=O) groups is 2. The Balaban J connectivity index is 2.02. The highest BCUT2D eigenvalue weighted by atomic mass is 16.6. The predicted molar refractivity (Wildman–Crippen MR) is 67.3 cm³/mol. The topological polar surface area (TPSA) is 49.9 Å². The molecule has 0 aliphatic carbocycles. The van der Waals surface area contributed by atoms with Gasteiger partial charge in [-0.05, 0) is 27.8 Å². The third kappa shape index (κ3) is 2.83. The highest BCUT2D eigenvalue weighted by molar-refractivity contribution is 5.87. The lowest BCUT2D eigenvalue weighted by Gasteiger charge is -2.43. The van der Waals surface area contributed by atoms with Crippen LogP contribution in [0.15, 0.2) is 0 Å². The van der Waals surface area contributed by atoms with Gasteiger partial charge in [0, 0.05) is 38.0 Å². The Labute approximate surface area is 108 Å². The number of hydrogen-bond acceptors (Lipinski definition) is 4. The summed E-state index contributed by atoms with van der Waals surface area (Å²) in [5, 5.41) is 0. The first kappa shape index (κ1) is 13.3. The lowest BCUT2D eigenvalue weighted by molar-refractivity contribution is -0.136. The molecule has 0 aromatic heterocycles. The van der Waals surface area contributed by atoms with Crippen molar-refractivity contribution in [3.05, 3.63) is 0 Å². The normalized spacial score (nSPS) is 29.3. The number of amides is 1. The third-order valence-corrected chi connectivity index (χ3v) is 3.40. The zero-order chi connectivity index (χ0) is 13.5. The summed E-state index contributed by atoms with van der Waals surface area (Å²) in [7, 11) is 2.02. The van der Waals surface area contributed by atoms with Crippen molar-refractivity contribution in [2.75, 3.05) is 33.2 Å². The van der Waals surface area contributed by atoms with Gasteiger partial charge in [0.1, 0.15) is 11.4 Å². The van der Waals surface area contributed by atoms with Crippen molar-refractivity contribution in [1.82, 2.24) is 9.80 Å². The zero-order valence-corrected chi connectivity index (χ0v) is 11.6. The van der Waals surface area contributed by atoms with Crippen LogP contribution < -0.4 is 0 Å². The summed E-state index contributed by atoms with van der Waals surface area (Å²) in [5.74, 6) is 0.220. The number of ether oxygens (including phenoxy) is 1. The molecule has 0 radical (unpaired) electrons. The third-order valence-electron chi connectivity index (χ3n) is 3.40. The van der Waals surface area contributed by atoms with E-state index in [0.29, 0.717) is 18.9 Å². The van der Waals surface area contributed by atoms with Crippen LogP contribution in [0.3, 0.4) is 0 Å². The SMILES string of the molecule is CN1CC2CN(C(=O)OC(C)(C)C)CC(C1)C2=O. The van der Waals surface area contributed by atoms with Gasteiger partial charge in [-0.15, -0.1) is 0 Å². The van der Waals surface area contributed by atoms with Crippen molar-refractivity contribution in [3.8, 4) is 0 Å². The molecule has 2 bridgehead atoms. The zero-order valence-electron chi connectivity index (χ0n) is 11.6. The molecule has 0 saturated carbocycles. The molecule has 2 rings (SSSR count). The Bertz CT molecular complexity index is 344. The summed E-state index contributed by atoms with van der Waals surface area (Å²) in [5.41, 5.74) is -0.482. The average Bonchev–Trinajstić information content (AvgIpc) is 2.17. The van der Waals surface area contributed by atoms with E-state index in [1.165, 1.54) is 0 Å². The van der Waals surface area contributed by atoms with Gasteiger partial charge in [0.25, 0.3) is 0 Å². The quantitative estimate of drug-likeness (QED) is 0.646. The Morgan fingerprint density at radius 1 is 1.17 bits per heavy atom. The smallest absolute Gasteiger partial charge is 0.410 e. The lowest BCUT2D eigenvalue weighted by Crippen LogP contribution is -2.58. The first-order valence-corrected chi connectivity index (χ1v) is 6.46. The number of ketones is 1. The van der Waals surface area contributed by atoms with Crippen LogP contribution >= 0.6 is 0 Å². The van der Waals surface area contributed by atoms with E-state index in [4.69, 9.17) is 4.74 Å². The number of likely N-dealkylation sites (tertiary alicyclic amines) is 2. The second-order valence-corrected chi connectivity index (χ2v) is 6.40. The molecule has 0 spiro atoms. The second-order valence-electron chi connectivity index (χ2n) is 6.40. The van der Waals surface area contributed by atoms with Crippen LogP contribution in [0.2, 0.25) is 0 Å². The van der Waals surface area contributed by atoms with E-state index < -0.39 is 5.60 Å². The van der Waals surface area contributed by atoms with E-state index in [2.05, 4.69) is 4.90 Å². The van der Waals surface area contributed by atoms with E-state index in [9.17, 15) is 9.59 Å². The minimum absolute atomic E-state index is 0.0463. The van der Waals surface area contributed by atoms with Gasteiger partial charge < -0.3 is 14.5 Å². The summed E-state index contributed by atoms with van der Waals surface area (Å²) in [4.78, 5) is 27.9. The summed E-state index contributed by atoms with van der Waals surface area (Å²) >= 11 is 0. The summed E-state index contributed by atoms with van der Waals surface area (Å²) < 4.78 is 5.37. The van der Waals surface area contributed by atoms with Crippen molar-refractivity contribution in [2.45, 2.75) is 26.4 Å². The van der Waals surface area contributed by atoms with Crippen molar-refractivity contribution in [3.63, 3.8) is 0 Å². The molecule has 0 N–H and O–H groups in total. The molecule has 0 aromatic rings. The Morgan fingerprint density at radius 2 is 1.67 bits per heavy atom.